The van der Waals surface area contributed by atoms with Gasteiger partial charge in [-0.1, -0.05) is 24.3 Å². The second-order valence-electron chi connectivity index (χ2n) is 6.08. The Morgan fingerprint density at radius 3 is 2.46 bits per heavy atom. The number of nitrogens with one attached hydrogen (secondary N) is 3. The van der Waals surface area contributed by atoms with E-state index in [-0.39, 0.29) is 6.04 Å². The molecule has 4 rings (SSSR count). The molecule has 0 aliphatic heterocycles. The third kappa shape index (κ3) is 2.76. The van der Waals surface area contributed by atoms with Gasteiger partial charge in [-0.25, -0.2) is 0 Å². The summed E-state index contributed by atoms with van der Waals surface area (Å²) in [7, 11) is 0. The van der Waals surface area contributed by atoms with Crippen LogP contribution in [0.2, 0.25) is 0 Å². The zero-order chi connectivity index (χ0) is 16.5. The van der Waals surface area contributed by atoms with E-state index in [1.54, 1.807) is 6.07 Å². The van der Waals surface area contributed by atoms with Gasteiger partial charge in [-0.3, -0.25) is 9.59 Å². The summed E-state index contributed by atoms with van der Waals surface area (Å²) in [6.07, 6.45) is 3.37. The van der Waals surface area contributed by atoms with E-state index in [9.17, 15) is 9.59 Å². The van der Waals surface area contributed by atoms with Gasteiger partial charge in [0.15, 0.2) is 0 Å². The Balaban J connectivity index is 1.39. The van der Waals surface area contributed by atoms with Crippen LogP contribution in [-0.4, -0.2) is 22.8 Å². The normalized spacial score (nSPS) is 13.7. The van der Waals surface area contributed by atoms with Crippen molar-refractivity contribution in [3.8, 4) is 0 Å². The number of hydrogen-bond donors (Lipinski definition) is 3. The summed E-state index contributed by atoms with van der Waals surface area (Å²) in [5, 5.41) is 6.46. The minimum absolute atomic E-state index is 0.0206. The SMILES string of the molecule is O=C(Nc1ccc2[nH]ccc2c1)C(=O)NC1Cc2ccccc2C1. The fourth-order valence-corrected chi connectivity index (χ4v) is 3.23. The molecule has 0 saturated heterocycles. The Morgan fingerprint density at radius 2 is 1.71 bits per heavy atom. The first-order valence-electron chi connectivity index (χ1n) is 7.95. The average Bonchev–Trinajstić information content (AvgIpc) is 3.19. The van der Waals surface area contributed by atoms with Crippen LogP contribution in [0.4, 0.5) is 5.69 Å². The van der Waals surface area contributed by atoms with Crippen molar-refractivity contribution in [3.63, 3.8) is 0 Å². The molecule has 1 aromatic heterocycles. The molecule has 0 radical (unpaired) electrons. The van der Waals surface area contributed by atoms with Crippen LogP contribution in [0.15, 0.2) is 54.7 Å². The molecule has 0 fully saturated rings. The third-order valence-electron chi connectivity index (χ3n) is 4.40. The van der Waals surface area contributed by atoms with Crippen LogP contribution in [0.3, 0.4) is 0 Å². The lowest BCUT2D eigenvalue weighted by Gasteiger charge is -2.12. The van der Waals surface area contributed by atoms with Crippen LogP contribution in [-0.2, 0) is 22.4 Å². The average molecular weight is 319 g/mol. The minimum atomic E-state index is -0.638. The van der Waals surface area contributed by atoms with Crippen LogP contribution in [0, 0.1) is 0 Å². The van der Waals surface area contributed by atoms with Crippen LogP contribution >= 0.6 is 0 Å². The third-order valence-corrected chi connectivity index (χ3v) is 4.40. The number of aromatic amines is 1. The molecule has 0 spiro atoms. The van der Waals surface area contributed by atoms with Gasteiger partial charge in [-0.05, 0) is 48.2 Å². The number of benzene rings is 2. The summed E-state index contributed by atoms with van der Waals surface area (Å²) in [6.45, 7) is 0. The first kappa shape index (κ1) is 14.5. The second-order valence-corrected chi connectivity index (χ2v) is 6.08. The van der Waals surface area contributed by atoms with E-state index in [1.165, 1.54) is 11.1 Å². The van der Waals surface area contributed by atoms with Gasteiger partial charge in [-0.15, -0.1) is 0 Å². The zero-order valence-corrected chi connectivity index (χ0v) is 13.0. The number of amides is 2. The van der Waals surface area contributed by atoms with E-state index in [0.29, 0.717) is 5.69 Å². The number of rotatable bonds is 2. The van der Waals surface area contributed by atoms with Crippen molar-refractivity contribution in [3.05, 3.63) is 65.9 Å². The summed E-state index contributed by atoms with van der Waals surface area (Å²) < 4.78 is 0. The number of aromatic nitrogens is 1. The number of carbonyl (C=O) groups is 2. The van der Waals surface area contributed by atoms with E-state index in [0.717, 1.165) is 23.7 Å². The van der Waals surface area contributed by atoms with E-state index in [4.69, 9.17) is 0 Å². The molecule has 120 valence electrons. The van der Waals surface area contributed by atoms with Gasteiger partial charge < -0.3 is 15.6 Å². The van der Waals surface area contributed by atoms with Crippen molar-refractivity contribution in [1.82, 2.24) is 10.3 Å². The number of carbonyl (C=O) groups excluding carboxylic acids is 2. The highest BCUT2D eigenvalue weighted by molar-refractivity contribution is 6.39. The Labute approximate surface area is 139 Å². The largest absolute Gasteiger partial charge is 0.361 e. The molecule has 3 aromatic rings. The van der Waals surface area contributed by atoms with Crippen molar-refractivity contribution in [1.29, 1.82) is 0 Å². The highest BCUT2D eigenvalue weighted by atomic mass is 16.2. The van der Waals surface area contributed by atoms with Gasteiger partial charge in [0.25, 0.3) is 0 Å². The smallest absolute Gasteiger partial charge is 0.313 e. The molecule has 1 aliphatic carbocycles. The van der Waals surface area contributed by atoms with Crippen molar-refractivity contribution in [2.75, 3.05) is 5.32 Å². The Morgan fingerprint density at radius 1 is 0.958 bits per heavy atom. The molecular formula is C19H17N3O2. The highest BCUT2D eigenvalue weighted by Crippen LogP contribution is 2.21. The Hall–Kier alpha value is -3.08. The summed E-state index contributed by atoms with van der Waals surface area (Å²) in [5.41, 5.74) is 4.07. The molecule has 1 aliphatic rings. The van der Waals surface area contributed by atoms with E-state index >= 15 is 0 Å². The molecule has 0 saturated carbocycles. The fraction of sp³-hybridized carbons (Fsp3) is 0.158. The van der Waals surface area contributed by atoms with Gasteiger partial charge in [-0.2, -0.15) is 0 Å². The Bertz CT molecular complexity index is 904. The molecule has 2 amide bonds. The fourth-order valence-electron chi connectivity index (χ4n) is 3.23. The van der Waals surface area contributed by atoms with Gasteiger partial charge >= 0.3 is 11.8 Å². The van der Waals surface area contributed by atoms with Crippen molar-refractivity contribution in [2.24, 2.45) is 0 Å². The van der Waals surface area contributed by atoms with Crippen molar-refractivity contribution in [2.45, 2.75) is 18.9 Å². The number of hydrogen-bond acceptors (Lipinski definition) is 2. The summed E-state index contributed by atoms with van der Waals surface area (Å²) in [5.74, 6) is -1.23. The summed E-state index contributed by atoms with van der Waals surface area (Å²) >= 11 is 0. The minimum Gasteiger partial charge on any atom is -0.361 e. The maximum atomic E-state index is 12.1. The lowest BCUT2D eigenvalue weighted by atomic mass is 10.1. The number of fused-ring (bicyclic) bond motifs is 2. The molecular weight excluding hydrogens is 302 g/mol. The summed E-state index contributed by atoms with van der Waals surface area (Å²) in [6, 6.07) is 15.5. The lowest BCUT2D eigenvalue weighted by molar-refractivity contribution is -0.136. The van der Waals surface area contributed by atoms with E-state index < -0.39 is 11.8 Å². The van der Waals surface area contributed by atoms with Crippen LogP contribution in [0.5, 0.6) is 0 Å². The first-order chi connectivity index (χ1) is 11.7. The molecule has 0 unspecified atom stereocenters. The predicted molar refractivity (Wildman–Crippen MR) is 92.7 cm³/mol. The lowest BCUT2D eigenvalue weighted by Crippen LogP contribution is -2.42. The molecule has 0 atom stereocenters. The number of anilines is 1. The van der Waals surface area contributed by atoms with Crippen molar-refractivity contribution >= 4 is 28.4 Å². The highest BCUT2D eigenvalue weighted by Gasteiger charge is 2.25. The topological polar surface area (TPSA) is 74.0 Å². The van der Waals surface area contributed by atoms with Crippen LogP contribution in [0.25, 0.3) is 10.9 Å². The van der Waals surface area contributed by atoms with Crippen LogP contribution < -0.4 is 10.6 Å². The van der Waals surface area contributed by atoms with Crippen molar-refractivity contribution < 1.29 is 9.59 Å². The molecule has 3 N–H and O–H groups in total. The molecule has 0 bridgehead atoms. The predicted octanol–water partition coefficient (Wildman–Crippen LogP) is 2.39. The molecule has 5 nitrogen and oxygen atoms in total. The first-order valence-corrected chi connectivity index (χ1v) is 7.95. The van der Waals surface area contributed by atoms with Gasteiger partial charge in [0.2, 0.25) is 0 Å². The summed E-state index contributed by atoms with van der Waals surface area (Å²) in [4.78, 5) is 27.3. The van der Waals surface area contributed by atoms with Crippen LogP contribution in [0.1, 0.15) is 11.1 Å². The molecule has 1 heterocycles. The number of H-pyrrole nitrogens is 1. The monoisotopic (exact) mass is 319 g/mol. The maximum absolute atomic E-state index is 12.1. The van der Waals surface area contributed by atoms with E-state index in [2.05, 4.69) is 27.8 Å². The molecule has 5 heteroatoms. The standard InChI is InChI=1S/C19H17N3O2/c23-18(21-15-5-6-17-14(11-15)7-8-20-17)19(24)22-16-9-12-3-1-2-4-13(12)10-16/h1-8,11,16,20H,9-10H2,(H,21,23)(H,22,24). The quantitative estimate of drug-likeness (QED) is 0.635. The Kier molecular flexibility index (Phi) is 3.54. The maximum Gasteiger partial charge on any atom is 0.313 e. The molecule has 24 heavy (non-hydrogen) atoms. The van der Waals surface area contributed by atoms with Gasteiger partial charge in [0, 0.05) is 28.8 Å². The van der Waals surface area contributed by atoms with Gasteiger partial charge in [0.1, 0.15) is 0 Å². The zero-order valence-electron chi connectivity index (χ0n) is 13.0. The molecule has 2 aromatic carbocycles. The second kappa shape index (κ2) is 5.85. The van der Waals surface area contributed by atoms with Gasteiger partial charge in [0.05, 0.1) is 0 Å². The van der Waals surface area contributed by atoms with E-state index in [1.807, 2.05) is 36.5 Å².